The van der Waals surface area contributed by atoms with Crippen LogP contribution < -0.4 is 0 Å². The Morgan fingerprint density at radius 1 is 1.37 bits per heavy atom. The summed E-state index contributed by atoms with van der Waals surface area (Å²) in [6.07, 6.45) is 1.12. The molecule has 0 amide bonds. The highest BCUT2D eigenvalue weighted by atomic mass is 32.2. The molecule has 0 saturated heterocycles. The summed E-state index contributed by atoms with van der Waals surface area (Å²) < 4.78 is 18.6. The van der Waals surface area contributed by atoms with E-state index in [1.54, 1.807) is 18.2 Å². The van der Waals surface area contributed by atoms with E-state index in [-0.39, 0.29) is 17.8 Å². The molecule has 4 nitrogen and oxygen atoms in total. The Morgan fingerprint density at radius 3 is 2.89 bits per heavy atom. The zero-order chi connectivity index (χ0) is 13.2. The fraction of sp³-hybridized carbons (Fsp3) is 0.385. The van der Waals surface area contributed by atoms with Crippen molar-refractivity contribution < 1.29 is 14.0 Å². The summed E-state index contributed by atoms with van der Waals surface area (Å²) in [4.78, 5) is 4.86. The Bertz CT molecular complexity index is 569. The van der Waals surface area contributed by atoms with Crippen molar-refractivity contribution in [2.75, 3.05) is 0 Å². The monoisotopic (exact) mass is 280 g/mol. The lowest BCUT2D eigenvalue weighted by Gasteiger charge is -2.27. The molecular weight excluding hydrogens is 267 g/mol. The van der Waals surface area contributed by atoms with Gasteiger partial charge < -0.3 is 9.63 Å². The molecule has 1 aromatic heterocycles. The van der Waals surface area contributed by atoms with Gasteiger partial charge in [0.2, 0.25) is 5.89 Å². The molecule has 0 unspecified atom stereocenters. The van der Waals surface area contributed by atoms with Crippen molar-refractivity contribution >= 4 is 11.8 Å². The van der Waals surface area contributed by atoms with E-state index < -0.39 is 0 Å². The van der Waals surface area contributed by atoms with Crippen molar-refractivity contribution in [2.45, 2.75) is 35.5 Å². The molecule has 1 heterocycles. The first-order valence-corrected chi connectivity index (χ1v) is 7.09. The standard InChI is InChI=1S/C13H13FN2O2S/c14-10-3-1-2-4-11(10)19-7-12-15-13(18-16-12)8-5-9(17)6-8/h1-4,8-9,17H,5-7H2. The number of nitrogens with zero attached hydrogens (tertiary/aromatic N) is 2. The van der Waals surface area contributed by atoms with E-state index in [0.717, 1.165) is 0 Å². The first-order valence-electron chi connectivity index (χ1n) is 6.10. The smallest absolute Gasteiger partial charge is 0.229 e. The second kappa shape index (κ2) is 5.30. The molecule has 19 heavy (non-hydrogen) atoms. The molecule has 0 spiro atoms. The van der Waals surface area contributed by atoms with Crippen molar-refractivity contribution in [3.8, 4) is 0 Å². The molecule has 3 rings (SSSR count). The molecular formula is C13H13FN2O2S. The van der Waals surface area contributed by atoms with Gasteiger partial charge in [0.05, 0.1) is 11.9 Å². The van der Waals surface area contributed by atoms with Crippen LogP contribution in [-0.4, -0.2) is 21.4 Å². The average molecular weight is 280 g/mol. The molecule has 0 radical (unpaired) electrons. The van der Waals surface area contributed by atoms with Gasteiger partial charge in [0.25, 0.3) is 0 Å². The molecule has 2 aromatic rings. The Balaban J connectivity index is 1.60. The molecule has 1 aliphatic rings. The minimum atomic E-state index is -0.242. The van der Waals surface area contributed by atoms with Gasteiger partial charge in [-0.05, 0) is 25.0 Å². The van der Waals surface area contributed by atoms with Crippen LogP contribution in [0.15, 0.2) is 33.7 Å². The first-order chi connectivity index (χ1) is 9.22. The van der Waals surface area contributed by atoms with Crippen molar-refractivity contribution in [1.82, 2.24) is 10.1 Å². The molecule has 100 valence electrons. The molecule has 1 saturated carbocycles. The zero-order valence-corrected chi connectivity index (χ0v) is 10.9. The Morgan fingerprint density at radius 2 is 2.16 bits per heavy atom. The summed E-state index contributed by atoms with van der Waals surface area (Å²) in [5.41, 5.74) is 0. The summed E-state index contributed by atoms with van der Waals surface area (Å²) in [5.74, 6) is 1.55. The number of rotatable bonds is 4. The molecule has 1 N–H and O–H groups in total. The fourth-order valence-corrected chi connectivity index (χ4v) is 2.77. The van der Waals surface area contributed by atoms with E-state index in [1.165, 1.54) is 17.8 Å². The van der Waals surface area contributed by atoms with Gasteiger partial charge in [0.1, 0.15) is 5.82 Å². The largest absolute Gasteiger partial charge is 0.393 e. The maximum atomic E-state index is 13.4. The van der Waals surface area contributed by atoms with E-state index in [0.29, 0.717) is 35.2 Å². The third kappa shape index (κ3) is 2.79. The summed E-state index contributed by atoms with van der Waals surface area (Å²) >= 11 is 1.34. The minimum absolute atomic E-state index is 0.176. The summed E-state index contributed by atoms with van der Waals surface area (Å²) in [7, 11) is 0. The third-order valence-corrected chi connectivity index (χ3v) is 4.18. The van der Waals surface area contributed by atoms with Crippen LogP contribution in [0.5, 0.6) is 0 Å². The van der Waals surface area contributed by atoms with Gasteiger partial charge in [-0.25, -0.2) is 4.39 Å². The number of hydrogen-bond donors (Lipinski definition) is 1. The lowest BCUT2D eigenvalue weighted by atomic mass is 9.82. The van der Waals surface area contributed by atoms with E-state index in [4.69, 9.17) is 4.52 Å². The van der Waals surface area contributed by atoms with Crippen molar-refractivity contribution in [3.05, 3.63) is 41.8 Å². The van der Waals surface area contributed by atoms with E-state index in [9.17, 15) is 9.50 Å². The van der Waals surface area contributed by atoms with Crippen LogP contribution in [0.2, 0.25) is 0 Å². The maximum Gasteiger partial charge on any atom is 0.229 e. The van der Waals surface area contributed by atoms with Crippen molar-refractivity contribution in [3.63, 3.8) is 0 Å². The van der Waals surface area contributed by atoms with Crippen LogP contribution in [0.4, 0.5) is 4.39 Å². The summed E-state index contributed by atoms with van der Waals surface area (Å²) in [6, 6.07) is 6.61. The Labute approximate surface area is 114 Å². The highest BCUT2D eigenvalue weighted by Gasteiger charge is 2.32. The molecule has 0 atom stereocenters. The van der Waals surface area contributed by atoms with E-state index >= 15 is 0 Å². The van der Waals surface area contributed by atoms with Crippen molar-refractivity contribution in [2.24, 2.45) is 0 Å². The fourth-order valence-electron chi connectivity index (χ4n) is 1.99. The van der Waals surface area contributed by atoms with Gasteiger partial charge in [-0.1, -0.05) is 17.3 Å². The maximum absolute atomic E-state index is 13.4. The van der Waals surface area contributed by atoms with E-state index in [2.05, 4.69) is 10.1 Å². The average Bonchev–Trinajstić information content (AvgIpc) is 2.82. The first kappa shape index (κ1) is 12.6. The van der Waals surface area contributed by atoms with Crippen LogP contribution in [0.1, 0.15) is 30.5 Å². The molecule has 1 fully saturated rings. The topological polar surface area (TPSA) is 59.2 Å². The highest BCUT2D eigenvalue weighted by Crippen LogP contribution is 2.36. The van der Waals surface area contributed by atoms with E-state index in [1.807, 2.05) is 0 Å². The van der Waals surface area contributed by atoms with Gasteiger partial charge in [-0.2, -0.15) is 4.98 Å². The lowest BCUT2D eigenvalue weighted by Crippen LogP contribution is -2.26. The Kier molecular flexibility index (Phi) is 3.52. The number of thioether (sulfide) groups is 1. The van der Waals surface area contributed by atoms with Crippen LogP contribution in [0.25, 0.3) is 0 Å². The number of aromatic nitrogens is 2. The zero-order valence-electron chi connectivity index (χ0n) is 10.1. The normalized spacial score (nSPS) is 22.2. The van der Waals surface area contributed by atoms with Gasteiger partial charge in [-0.3, -0.25) is 0 Å². The molecule has 0 aliphatic heterocycles. The number of aliphatic hydroxyl groups is 1. The SMILES string of the molecule is OC1CC(c2nc(CSc3ccccc3F)no2)C1. The second-order valence-corrected chi connectivity index (χ2v) is 5.61. The van der Waals surface area contributed by atoms with Gasteiger partial charge >= 0.3 is 0 Å². The number of aliphatic hydroxyl groups excluding tert-OH is 1. The molecule has 0 bridgehead atoms. The molecule has 1 aromatic carbocycles. The van der Waals surface area contributed by atoms with Gasteiger partial charge in [-0.15, -0.1) is 11.8 Å². The predicted molar refractivity (Wildman–Crippen MR) is 68.2 cm³/mol. The summed E-state index contributed by atoms with van der Waals surface area (Å²) in [5, 5.41) is 13.1. The van der Waals surface area contributed by atoms with Crippen LogP contribution in [0.3, 0.4) is 0 Å². The van der Waals surface area contributed by atoms with Gasteiger partial charge in [0, 0.05) is 10.8 Å². The van der Waals surface area contributed by atoms with Crippen LogP contribution in [0, 0.1) is 5.82 Å². The lowest BCUT2D eigenvalue weighted by molar-refractivity contribution is 0.0625. The number of hydrogen-bond acceptors (Lipinski definition) is 5. The highest BCUT2D eigenvalue weighted by molar-refractivity contribution is 7.98. The third-order valence-electron chi connectivity index (χ3n) is 3.14. The summed E-state index contributed by atoms with van der Waals surface area (Å²) in [6.45, 7) is 0. The minimum Gasteiger partial charge on any atom is -0.393 e. The van der Waals surface area contributed by atoms with Gasteiger partial charge in [0.15, 0.2) is 5.82 Å². The quantitative estimate of drug-likeness (QED) is 0.873. The predicted octanol–water partition coefficient (Wildman–Crippen LogP) is 2.74. The molecule has 6 heteroatoms. The second-order valence-electron chi connectivity index (χ2n) is 4.59. The number of halogens is 1. The van der Waals surface area contributed by atoms with Crippen LogP contribution >= 0.6 is 11.8 Å². The van der Waals surface area contributed by atoms with Crippen LogP contribution in [-0.2, 0) is 5.75 Å². The Hall–Kier alpha value is -1.40. The molecule has 1 aliphatic carbocycles. The van der Waals surface area contributed by atoms with Crippen molar-refractivity contribution in [1.29, 1.82) is 0 Å². The number of benzene rings is 1.